The van der Waals surface area contributed by atoms with Gasteiger partial charge in [0.25, 0.3) is 0 Å². The van der Waals surface area contributed by atoms with Gasteiger partial charge in [-0.2, -0.15) is 0 Å². The molecule has 0 radical (unpaired) electrons. The monoisotopic (exact) mass is 451 g/mol. The first-order valence-corrected chi connectivity index (χ1v) is 10.6. The number of aromatic amines is 1. The lowest BCUT2D eigenvalue weighted by atomic mass is 10.0. The number of halogens is 1. The van der Waals surface area contributed by atoms with Crippen molar-refractivity contribution < 1.29 is 9.59 Å². The van der Waals surface area contributed by atoms with Gasteiger partial charge in [-0.15, -0.1) is 0 Å². The van der Waals surface area contributed by atoms with E-state index >= 15 is 0 Å². The summed E-state index contributed by atoms with van der Waals surface area (Å²) in [6.07, 6.45) is 4.16. The first kappa shape index (κ1) is 19.6. The Morgan fingerprint density at radius 3 is 2.48 bits per heavy atom. The van der Waals surface area contributed by atoms with E-state index in [2.05, 4.69) is 62.3 Å². The Labute approximate surface area is 178 Å². The minimum atomic E-state index is -0.416. The summed E-state index contributed by atoms with van der Waals surface area (Å²) in [5.74, 6) is 0.213. The quantitative estimate of drug-likeness (QED) is 0.554. The number of aryl methyl sites for hydroxylation is 1. The second kappa shape index (κ2) is 8.74. The predicted octanol–water partition coefficient (Wildman–Crippen LogP) is 4.65. The third kappa shape index (κ3) is 4.48. The van der Waals surface area contributed by atoms with Crippen LogP contribution in [0.5, 0.6) is 0 Å². The zero-order valence-electron chi connectivity index (χ0n) is 16.0. The van der Waals surface area contributed by atoms with Crippen LogP contribution in [0.4, 0.5) is 0 Å². The van der Waals surface area contributed by atoms with E-state index in [1.54, 1.807) is 11.1 Å². The van der Waals surface area contributed by atoms with Crippen LogP contribution in [0.25, 0.3) is 11.1 Å². The van der Waals surface area contributed by atoms with Crippen LogP contribution in [-0.4, -0.2) is 39.1 Å². The SMILES string of the molecule is O=C(c1ncc(Br)[nH]1)[C@@H]1CCCN1C(=O)CCc1ccc(-c2ccccc2)cc1. The Balaban J connectivity index is 1.37. The molecule has 1 atom stereocenters. The number of benzene rings is 2. The molecule has 1 amide bonds. The zero-order chi connectivity index (χ0) is 20.2. The first-order chi connectivity index (χ1) is 14.1. The molecule has 0 saturated carbocycles. The molecule has 4 rings (SSSR count). The molecule has 2 aromatic carbocycles. The van der Waals surface area contributed by atoms with Crippen molar-refractivity contribution in [2.24, 2.45) is 0 Å². The number of nitrogens with zero attached hydrogens (tertiary/aromatic N) is 2. The number of rotatable bonds is 6. The third-order valence-electron chi connectivity index (χ3n) is 5.34. The van der Waals surface area contributed by atoms with Crippen molar-refractivity contribution in [3.8, 4) is 11.1 Å². The molecule has 0 spiro atoms. The van der Waals surface area contributed by atoms with Crippen molar-refractivity contribution in [2.45, 2.75) is 31.7 Å². The Morgan fingerprint density at radius 1 is 1.07 bits per heavy atom. The highest BCUT2D eigenvalue weighted by molar-refractivity contribution is 9.10. The molecule has 0 aliphatic carbocycles. The van der Waals surface area contributed by atoms with Gasteiger partial charge in [0.15, 0.2) is 5.82 Å². The maximum absolute atomic E-state index is 12.8. The van der Waals surface area contributed by atoms with E-state index in [0.717, 1.165) is 17.5 Å². The Kier molecular flexibility index (Phi) is 5.90. The molecular formula is C23H22BrN3O2. The van der Waals surface area contributed by atoms with Gasteiger partial charge >= 0.3 is 0 Å². The molecule has 0 bridgehead atoms. The van der Waals surface area contributed by atoms with Gasteiger partial charge in [-0.25, -0.2) is 4.98 Å². The Morgan fingerprint density at radius 2 is 1.79 bits per heavy atom. The van der Waals surface area contributed by atoms with Gasteiger partial charge in [0.1, 0.15) is 4.60 Å². The summed E-state index contributed by atoms with van der Waals surface area (Å²) >= 11 is 3.27. The lowest BCUT2D eigenvalue weighted by molar-refractivity contribution is -0.131. The molecule has 1 aromatic heterocycles. The van der Waals surface area contributed by atoms with E-state index in [0.29, 0.717) is 36.2 Å². The summed E-state index contributed by atoms with van der Waals surface area (Å²) in [6, 6.07) is 18.1. The minimum Gasteiger partial charge on any atom is -0.332 e. The van der Waals surface area contributed by atoms with Crippen molar-refractivity contribution in [1.82, 2.24) is 14.9 Å². The average Bonchev–Trinajstić information content (AvgIpc) is 3.42. The smallest absolute Gasteiger partial charge is 0.223 e. The molecule has 3 aromatic rings. The Hall–Kier alpha value is -2.73. The number of ketones is 1. The topological polar surface area (TPSA) is 66.1 Å². The van der Waals surface area contributed by atoms with Gasteiger partial charge in [-0.05, 0) is 51.9 Å². The molecule has 29 heavy (non-hydrogen) atoms. The van der Waals surface area contributed by atoms with Crippen LogP contribution in [0.2, 0.25) is 0 Å². The van der Waals surface area contributed by atoms with Gasteiger partial charge in [0.2, 0.25) is 11.7 Å². The highest BCUT2D eigenvalue weighted by atomic mass is 79.9. The summed E-state index contributed by atoms with van der Waals surface area (Å²) in [7, 11) is 0. The molecule has 1 N–H and O–H groups in total. The summed E-state index contributed by atoms with van der Waals surface area (Å²) in [5, 5.41) is 0. The lowest BCUT2D eigenvalue weighted by Crippen LogP contribution is -2.41. The van der Waals surface area contributed by atoms with Crippen LogP contribution in [-0.2, 0) is 11.2 Å². The van der Waals surface area contributed by atoms with Crippen molar-refractivity contribution >= 4 is 27.6 Å². The Bertz CT molecular complexity index is 998. The second-order valence-electron chi connectivity index (χ2n) is 7.25. The van der Waals surface area contributed by atoms with Gasteiger partial charge in [-0.1, -0.05) is 54.6 Å². The van der Waals surface area contributed by atoms with E-state index in [-0.39, 0.29) is 11.7 Å². The number of amides is 1. The van der Waals surface area contributed by atoms with E-state index in [9.17, 15) is 9.59 Å². The maximum Gasteiger partial charge on any atom is 0.223 e. The standard InChI is InChI=1S/C23H22BrN3O2/c24-20-15-25-23(26-20)22(29)19-7-4-14-27(19)21(28)13-10-16-8-11-18(12-9-16)17-5-2-1-3-6-17/h1-3,5-6,8-9,11-12,15,19H,4,7,10,13-14H2,(H,25,26)/t19-/m0/s1. The predicted molar refractivity (Wildman–Crippen MR) is 116 cm³/mol. The molecule has 1 saturated heterocycles. The number of hydrogen-bond acceptors (Lipinski definition) is 3. The number of H-pyrrole nitrogens is 1. The largest absolute Gasteiger partial charge is 0.332 e. The fourth-order valence-electron chi connectivity index (χ4n) is 3.81. The molecule has 6 heteroatoms. The van der Waals surface area contributed by atoms with Gasteiger partial charge in [0.05, 0.1) is 12.2 Å². The maximum atomic E-state index is 12.8. The summed E-state index contributed by atoms with van der Waals surface area (Å²) in [5.41, 5.74) is 3.46. The van der Waals surface area contributed by atoms with Crippen LogP contribution in [0, 0.1) is 0 Å². The van der Waals surface area contributed by atoms with Crippen LogP contribution >= 0.6 is 15.9 Å². The number of likely N-dealkylation sites (tertiary alicyclic amines) is 1. The molecule has 1 aliphatic heterocycles. The summed E-state index contributed by atoms with van der Waals surface area (Å²) < 4.78 is 0.663. The van der Waals surface area contributed by atoms with E-state index in [1.165, 1.54) is 5.56 Å². The first-order valence-electron chi connectivity index (χ1n) is 9.80. The second-order valence-corrected chi connectivity index (χ2v) is 8.11. The lowest BCUT2D eigenvalue weighted by Gasteiger charge is -2.23. The van der Waals surface area contributed by atoms with E-state index in [4.69, 9.17) is 0 Å². The third-order valence-corrected chi connectivity index (χ3v) is 5.75. The van der Waals surface area contributed by atoms with Crippen LogP contribution in [0.3, 0.4) is 0 Å². The van der Waals surface area contributed by atoms with Crippen LogP contribution in [0.15, 0.2) is 65.4 Å². The van der Waals surface area contributed by atoms with Gasteiger partial charge in [-0.3, -0.25) is 9.59 Å². The van der Waals surface area contributed by atoms with Crippen molar-refractivity contribution in [2.75, 3.05) is 6.54 Å². The van der Waals surface area contributed by atoms with Crippen molar-refractivity contribution in [1.29, 1.82) is 0 Å². The number of carbonyl (C=O) groups is 2. The molecule has 5 nitrogen and oxygen atoms in total. The molecule has 0 unspecified atom stereocenters. The summed E-state index contributed by atoms with van der Waals surface area (Å²) in [4.78, 5) is 34.2. The number of hydrogen-bond donors (Lipinski definition) is 1. The number of aromatic nitrogens is 2. The molecular weight excluding hydrogens is 430 g/mol. The molecule has 148 valence electrons. The number of carbonyl (C=O) groups excluding carboxylic acids is 2. The van der Waals surface area contributed by atoms with Crippen LogP contribution < -0.4 is 0 Å². The number of nitrogens with one attached hydrogen (secondary N) is 1. The number of imidazole rings is 1. The fourth-order valence-corrected chi connectivity index (χ4v) is 4.10. The highest BCUT2D eigenvalue weighted by Crippen LogP contribution is 2.23. The van der Waals surface area contributed by atoms with Crippen LogP contribution in [0.1, 0.15) is 35.4 Å². The number of Topliss-reactive ketones (excluding diaryl/α,β-unsaturated/α-hetero) is 1. The highest BCUT2D eigenvalue weighted by Gasteiger charge is 2.35. The van der Waals surface area contributed by atoms with E-state index < -0.39 is 6.04 Å². The van der Waals surface area contributed by atoms with Crippen molar-refractivity contribution in [3.63, 3.8) is 0 Å². The fraction of sp³-hybridized carbons (Fsp3) is 0.261. The minimum absolute atomic E-state index is 0.0265. The summed E-state index contributed by atoms with van der Waals surface area (Å²) in [6.45, 7) is 0.629. The zero-order valence-corrected chi connectivity index (χ0v) is 17.6. The van der Waals surface area contributed by atoms with Gasteiger partial charge < -0.3 is 9.88 Å². The average molecular weight is 452 g/mol. The normalized spacial score (nSPS) is 16.2. The van der Waals surface area contributed by atoms with Gasteiger partial charge in [0, 0.05) is 13.0 Å². The van der Waals surface area contributed by atoms with Crippen molar-refractivity contribution in [3.05, 3.63) is 76.8 Å². The van der Waals surface area contributed by atoms with E-state index in [1.807, 2.05) is 18.2 Å². The molecule has 2 heterocycles. The molecule has 1 aliphatic rings. The molecule has 1 fully saturated rings.